The highest BCUT2D eigenvalue weighted by atomic mass is 32.2. The maximum absolute atomic E-state index is 12.6. The Labute approximate surface area is 123 Å². The second-order valence-corrected chi connectivity index (χ2v) is 7.08. The monoisotopic (exact) mass is 311 g/mol. The number of hydrogen-bond donors (Lipinski definition) is 2. The topological polar surface area (TPSA) is 71.1 Å². The molecule has 2 rings (SSSR count). The molecule has 2 aromatic rings. The van der Waals surface area contributed by atoms with Crippen molar-refractivity contribution in [3.63, 3.8) is 0 Å². The third-order valence-corrected chi connectivity index (χ3v) is 5.71. The average molecular weight is 311 g/mol. The van der Waals surface area contributed by atoms with Gasteiger partial charge in [0, 0.05) is 17.6 Å². The zero-order valence-electron chi connectivity index (χ0n) is 11.6. The molecule has 0 atom stereocenters. The molecule has 0 aliphatic carbocycles. The van der Waals surface area contributed by atoms with Crippen LogP contribution in [0.3, 0.4) is 0 Å². The average Bonchev–Trinajstić information content (AvgIpc) is 2.74. The first-order valence-corrected chi connectivity index (χ1v) is 8.47. The van der Waals surface area contributed by atoms with Gasteiger partial charge in [-0.25, -0.2) is 8.42 Å². The fraction of sp³-hybridized carbons (Fsp3) is 0.308. The summed E-state index contributed by atoms with van der Waals surface area (Å²) in [5.74, 6) is 0. The summed E-state index contributed by atoms with van der Waals surface area (Å²) in [6.07, 6.45) is 3.15. The zero-order chi connectivity index (χ0) is 14.8. The Balaban J connectivity index is 2.41. The summed E-state index contributed by atoms with van der Waals surface area (Å²) < 4.78 is 27.8. The van der Waals surface area contributed by atoms with E-state index in [0.717, 1.165) is 16.0 Å². The van der Waals surface area contributed by atoms with E-state index < -0.39 is 10.0 Å². The van der Waals surface area contributed by atoms with Gasteiger partial charge < -0.3 is 5.32 Å². The molecule has 0 amide bonds. The van der Waals surface area contributed by atoms with Crippen LogP contribution >= 0.6 is 11.3 Å². The van der Waals surface area contributed by atoms with Crippen LogP contribution < -0.4 is 10.0 Å². The summed E-state index contributed by atoms with van der Waals surface area (Å²) in [7, 11) is -1.80. The number of hydrogen-bond acceptors (Lipinski definition) is 5. The van der Waals surface area contributed by atoms with Gasteiger partial charge in [0.05, 0.1) is 11.9 Å². The lowest BCUT2D eigenvalue weighted by molar-refractivity contribution is 0.599. The molecule has 0 unspecified atom stereocenters. The van der Waals surface area contributed by atoms with Gasteiger partial charge >= 0.3 is 0 Å². The molecule has 7 heteroatoms. The van der Waals surface area contributed by atoms with Crippen molar-refractivity contribution < 1.29 is 8.42 Å². The van der Waals surface area contributed by atoms with Crippen molar-refractivity contribution in [3.8, 4) is 0 Å². The Hall–Kier alpha value is -1.44. The fourth-order valence-corrected chi connectivity index (χ4v) is 4.84. The molecule has 0 aliphatic heterocycles. The molecule has 108 valence electrons. The normalized spacial score (nSPS) is 11.6. The molecule has 0 aliphatic rings. The molecular weight excluding hydrogens is 294 g/mol. The molecule has 5 nitrogen and oxygen atoms in total. The Morgan fingerprint density at radius 2 is 2.05 bits per heavy atom. The Morgan fingerprint density at radius 1 is 1.30 bits per heavy atom. The first-order chi connectivity index (χ1) is 9.45. The van der Waals surface area contributed by atoms with Crippen molar-refractivity contribution in [1.82, 2.24) is 10.3 Å². The van der Waals surface area contributed by atoms with E-state index in [0.29, 0.717) is 17.1 Å². The van der Waals surface area contributed by atoms with Crippen LogP contribution in [0.2, 0.25) is 0 Å². The summed E-state index contributed by atoms with van der Waals surface area (Å²) in [4.78, 5) is 5.12. The number of nitrogens with zero attached hydrogens (tertiary/aromatic N) is 1. The van der Waals surface area contributed by atoms with Gasteiger partial charge in [-0.2, -0.15) is 0 Å². The lowest BCUT2D eigenvalue weighted by atomic mass is 10.3. The summed E-state index contributed by atoms with van der Waals surface area (Å²) in [6, 6.07) is 1.77. The number of nitrogens with one attached hydrogen (secondary N) is 2. The van der Waals surface area contributed by atoms with E-state index in [1.165, 1.54) is 17.5 Å². The van der Waals surface area contributed by atoms with Crippen LogP contribution in [-0.4, -0.2) is 20.4 Å². The van der Waals surface area contributed by atoms with Crippen LogP contribution in [-0.2, 0) is 16.6 Å². The summed E-state index contributed by atoms with van der Waals surface area (Å²) >= 11 is 1.45. The van der Waals surface area contributed by atoms with Gasteiger partial charge in [0.15, 0.2) is 0 Å². The van der Waals surface area contributed by atoms with Crippen molar-refractivity contribution in [2.45, 2.75) is 25.3 Å². The first-order valence-electron chi connectivity index (χ1n) is 6.10. The second kappa shape index (κ2) is 5.90. The minimum atomic E-state index is -3.60. The quantitative estimate of drug-likeness (QED) is 0.888. The van der Waals surface area contributed by atoms with E-state index in [1.807, 2.05) is 12.3 Å². The summed E-state index contributed by atoms with van der Waals surface area (Å²) in [5, 5.41) is 4.85. The van der Waals surface area contributed by atoms with Crippen LogP contribution in [0.5, 0.6) is 0 Å². The van der Waals surface area contributed by atoms with Gasteiger partial charge in [0.2, 0.25) is 0 Å². The van der Waals surface area contributed by atoms with Crippen LogP contribution in [0.4, 0.5) is 5.69 Å². The Kier molecular flexibility index (Phi) is 4.42. The lowest BCUT2D eigenvalue weighted by Crippen LogP contribution is -2.17. The van der Waals surface area contributed by atoms with Crippen LogP contribution in [0.1, 0.15) is 16.0 Å². The largest absolute Gasteiger partial charge is 0.315 e. The van der Waals surface area contributed by atoms with Gasteiger partial charge in [0.1, 0.15) is 4.90 Å². The number of aryl methyl sites for hydroxylation is 2. The molecule has 20 heavy (non-hydrogen) atoms. The molecule has 2 aromatic heterocycles. The van der Waals surface area contributed by atoms with E-state index in [2.05, 4.69) is 15.0 Å². The van der Waals surface area contributed by atoms with Gasteiger partial charge in [-0.05, 0) is 43.5 Å². The van der Waals surface area contributed by atoms with E-state index in [9.17, 15) is 8.42 Å². The number of pyridine rings is 1. The SMILES string of the molecule is CNCc1scc(C)c1S(=O)(=O)Nc1cnccc1C. The highest BCUT2D eigenvalue weighted by molar-refractivity contribution is 7.93. The highest BCUT2D eigenvalue weighted by Crippen LogP contribution is 2.29. The number of sulfonamides is 1. The minimum absolute atomic E-state index is 0.361. The number of aromatic nitrogens is 1. The van der Waals surface area contributed by atoms with Crippen molar-refractivity contribution in [3.05, 3.63) is 39.8 Å². The maximum atomic E-state index is 12.6. The van der Waals surface area contributed by atoms with Crippen LogP contribution in [0.25, 0.3) is 0 Å². The van der Waals surface area contributed by atoms with Gasteiger partial charge in [0.25, 0.3) is 10.0 Å². The number of anilines is 1. The van der Waals surface area contributed by atoms with Crippen molar-refractivity contribution in [1.29, 1.82) is 0 Å². The van der Waals surface area contributed by atoms with Gasteiger partial charge in [-0.15, -0.1) is 11.3 Å². The molecule has 0 saturated carbocycles. The van der Waals surface area contributed by atoms with Gasteiger partial charge in [-0.3, -0.25) is 9.71 Å². The molecule has 0 radical (unpaired) electrons. The zero-order valence-corrected chi connectivity index (χ0v) is 13.2. The van der Waals surface area contributed by atoms with Crippen LogP contribution in [0.15, 0.2) is 28.7 Å². The summed E-state index contributed by atoms with van der Waals surface area (Å²) in [6.45, 7) is 4.18. The van der Waals surface area contributed by atoms with E-state index in [1.54, 1.807) is 26.2 Å². The van der Waals surface area contributed by atoms with Crippen molar-refractivity contribution in [2.75, 3.05) is 11.8 Å². The molecule has 2 heterocycles. The number of thiophene rings is 1. The lowest BCUT2D eigenvalue weighted by Gasteiger charge is -2.11. The molecule has 0 aromatic carbocycles. The summed E-state index contributed by atoms with van der Waals surface area (Å²) in [5.41, 5.74) is 2.11. The number of rotatable bonds is 5. The molecule has 0 spiro atoms. The van der Waals surface area contributed by atoms with E-state index >= 15 is 0 Å². The van der Waals surface area contributed by atoms with E-state index in [-0.39, 0.29) is 0 Å². The van der Waals surface area contributed by atoms with Crippen molar-refractivity contribution >= 4 is 27.0 Å². The first kappa shape index (κ1) is 15.0. The van der Waals surface area contributed by atoms with E-state index in [4.69, 9.17) is 0 Å². The Bertz CT molecular complexity index is 708. The predicted molar refractivity (Wildman–Crippen MR) is 81.6 cm³/mol. The predicted octanol–water partition coefficient (Wildman–Crippen LogP) is 2.28. The van der Waals surface area contributed by atoms with Gasteiger partial charge in [-0.1, -0.05) is 0 Å². The van der Waals surface area contributed by atoms with Crippen LogP contribution in [0, 0.1) is 13.8 Å². The molecule has 2 N–H and O–H groups in total. The standard InChI is InChI=1S/C13H17N3O2S2/c1-9-4-5-15-6-11(9)16-20(17,18)13-10(2)8-19-12(13)7-14-3/h4-6,8,14,16H,7H2,1-3H3. The second-order valence-electron chi connectivity index (χ2n) is 4.50. The molecule has 0 fully saturated rings. The molecule has 0 saturated heterocycles. The highest BCUT2D eigenvalue weighted by Gasteiger charge is 2.23. The maximum Gasteiger partial charge on any atom is 0.263 e. The minimum Gasteiger partial charge on any atom is -0.315 e. The van der Waals surface area contributed by atoms with Crippen molar-refractivity contribution in [2.24, 2.45) is 0 Å². The molecular formula is C13H17N3O2S2. The Morgan fingerprint density at radius 3 is 2.70 bits per heavy atom. The molecule has 0 bridgehead atoms. The fourth-order valence-electron chi connectivity index (χ4n) is 1.90. The third kappa shape index (κ3) is 3.00. The third-order valence-electron chi connectivity index (χ3n) is 2.88. The smallest absolute Gasteiger partial charge is 0.263 e.